The first-order valence-electron chi connectivity index (χ1n) is 7.74. The summed E-state index contributed by atoms with van der Waals surface area (Å²) in [5.74, 6) is -0.374. The first-order chi connectivity index (χ1) is 11.3. The smallest absolute Gasteiger partial charge is 0.243 e. The first-order valence-corrected chi connectivity index (χ1v) is 9.18. The lowest BCUT2D eigenvalue weighted by Crippen LogP contribution is -2.34. The molecule has 0 aliphatic rings. The minimum Gasteiger partial charge on any atom is -0.325 e. The van der Waals surface area contributed by atoms with Gasteiger partial charge in [-0.05, 0) is 43.2 Å². The van der Waals surface area contributed by atoms with E-state index in [9.17, 15) is 13.2 Å². The van der Waals surface area contributed by atoms with E-state index in [-0.39, 0.29) is 17.3 Å². The minimum atomic E-state index is -3.68. The van der Waals surface area contributed by atoms with E-state index in [0.717, 1.165) is 21.9 Å². The van der Waals surface area contributed by atoms with Crippen LogP contribution in [-0.2, 0) is 21.2 Å². The Morgan fingerprint density at radius 1 is 1.12 bits per heavy atom. The Morgan fingerprint density at radius 3 is 2.42 bits per heavy atom. The van der Waals surface area contributed by atoms with E-state index in [1.807, 2.05) is 32.0 Å². The van der Waals surface area contributed by atoms with Crippen LogP contribution in [0.15, 0.2) is 53.4 Å². The van der Waals surface area contributed by atoms with E-state index >= 15 is 0 Å². The Labute approximate surface area is 143 Å². The van der Waals surface area contributed by atoms with Gasteiger partial charge in [0.15, 0.2) is 0 Å². The number of hydrogen-bond donors (Lipinski definition) is 1. The molecular formula is C18H22N2O3S. The molecule has 0 atom stereocenters. The molecule has 24 heavy (non-hydrogen) atoms. The van der Waals surface area contributed by atoms with Crippen LogP contribution in [-0.4, -0.2) is 32.2 Å². The van der Waals surface area contributed by atoms with Crippen LogP contribution in [0.1, 0.15) is 18.1 Å². The molecule has 6 heteroatoms. The highest BCUT2D eigenvalue weighted by molar-refractivity contribution is 7.89. The Balaban J connectivity index is 2.06. The fraction of sp³-hybridized carbons (Fsp3) is 0.278. The maximum absolute atomic E-state index is 12.5. The number of nitrogens with zero attached hydrogens (tertiary/aromatic N) is 1. The van der Waals surface area contributed by atoms with Crippen molar-refractivity contribution in [1.29, 1.82) is 0 Å². The Kier molecular flexibility index (Phi) is 5.75. The van der Waals surface area contributed by atoms with Crippen LogP contribution in [0, 0.1) is 6.92 Å². The van der Waals surface area contributed by atoms with Gasteiger partial charge in [0.25, 0.3) is 0 Å². The second kappa shape index (κ2) is 7.59. The predicted octanol–water partition coefficient (Wildman–Crippen LogP) is 2.82. The molecule has 2 aromatic carbocycles. The highest BCUT2D eigenvalue weighted by Gasteiger charge is 2.22. The second-order valence-electron chi connectivity index (χ2n) is 5.68. The van der Waals surface area contributed by atoms with Gasteiger partial charge in [0.2, 0.25) is 15.9 Å². The third-order valence-electron chi connectivity index (χ3n) is 3.71. The van der Waals surface area contributed by atoms with Gasteiger partial charge in [0, 0.05) is 12.7 Å². The maximum atomic E-state index is 12.5. The van der Waals surface area contributed by atoms with Gasteiger partial charge in [-0.25, -0.2) is 8.42 Å². The SMILES string of the molecule is CCc1cccc(NC(=O)CN(C)S(=O)(=O)c2ccc(C)cc2)c1. The topological polar surface area (TPSA) is 66.5 Å². The van der Waals surface area contributed by atoms with Crippen LogP contribution in [0.4, 0.5) is 5.69 Å². The normalized spacial score (nSPS) is 11.5. The molecule has 128 valence electrons. The molecule has 1 amide bonds. The average Bonchev–Trinajstić information content (AvgIpc) is 2.55. The summed E-state index contributed by atoms with van der Waals surface area (Å²) in [5.41, 5.74) is 2.75. The number of benzene rings is 2. The summed E-state index contributed by atoms with van der Waals surface area (Å²) in [5, 5.41) is 2.74. The molecule has 2 rings (SSSR count). The molecular weight excluding hydrogens is 324 g/mol. The zero-order chi connectivity index (χ0) is 17.7. The summed E-state index contributed by atoms with van der Waals surface area (Å²) >= 11 is 0. The Bertz CT molecular complexity index is 814. The van der Waals surface area contributed by atoms with Crippen molar-refractivity contribution in [2.45, 2.75) is 25.2 Å². The number of rotatable bonds is 6. The van der Waals surface area contributed by atoms with Crippen LogP contribution in [0.25, 0.3) is 0 Å². The monoisotopic (exact) mass is 346 g/mol. The molecule has 0 fully saturated rings. The van der Waals surface area contributed by atoms with Crippen molar-refractivity contribution in [3.63, 3.8) is 0 Å². The molecule has 0 spiro atoms. The van der Waals surface area contributed by atoms with Gasteiger partial charge in [-0.1, -0.05) is 36.8 Å². The third kappa shape index (κ3) is 4.43. The number of hydrogen-bond acceptors (Lipinski definition) is 3. The summed E-state index contributed by atoms with van der Waals surface area (Å²) in [4.78, 5) is 12.3. The molecule has 0 heterocycles. The van der Waals surface area contributed by atoms with Gasteiger partial charge in [-0.15, -0.1) is 0 Å². The molecule has 2 aromatic rings. The number of anilines is 1. The van der Waals surface area contributed by atoms with Gasteiger partial charge >= 0.3 is 0 Å². The molecule has 1 N–H and O–H groups in total. The van der Waals surface area contributed by atoms with E-state index < -0.39 is 10.0 Å². The van der Waals surface area contributed by atoms with Crippen LogP contribution in [0.3, 0.4) is 0 Å². The standard InChI is InChI=1S/C18H22N2O3S/c1-4-15-6-5-7-16(12-15)19-18(21)13-20(3)24(22,23)17-10-8-14(2)9-11-17/h5-12H,4,13H2,1-3H3,(H,19,21). The number of nitrogens with one attached hydrogen (secondary N) is 1. The van der Waals surface area contributed by atoms with Crippen molar-refractivity contribution in [2.75, 3.05) is 18.9 Å². The molecule has 0 aliphatic carbocycles. The van der Waals surface area contributed by atoms with Gasteiger partial charge < -0.3 is 5.32 Å². The lowest BCUT2D eigenvalue weighted by atomic mass is 10.1. The lowest BCUT2D eigenvalue weighted by Gasteiger charge is -2.17. The zero-order valence-electron chi connectivity index (χ0n) is 14.1. The molecule has 0 saturated heterocycles. The number of aryl methyl sites for hydroxylation is 2. The number of likely N-dealkylation sites (N-methyl/N-ethyl adjacent to an activating group) is 1. The summed E-state index contributed by atoms with van der Waals surface area (Å²) < 4.78 is 26.0. The fourth-order valence-corrected chi connectivity index (χ4v) is 3.37. The van der Waals surface area contributed by atoms with E-state index in [0.29, 0.717) is 5.69 Å². The summed E-state index contributed by atoms with van der Waals surface area (Å²) in [6, 6.07) is 14.1. The minimum absolute atomic E-state index is 0.177. The highest BCUT2D eigenvalue weighted by atomic mass is 32.2. The van der Waals surface area contributed by atoms with Gasteiger partial charge in [-0.2, -0.15) is 4.31 Å². The number of carbonyl (C=O) groups excluding carboxylic acids is 1. The van der Waals surface area contributed by atoms with Crippen molar-refractivity contribution >= 4 is 21.6 Å². The maximum Gasteiger partial charge on any atom is 0.243 e. The molecule has 0 aromatic heterocycles. The van der Waals surface area contributed by atoms with Crippen molar-refractivity contribution in [3.05, 3.63) is 59.7 Å². The lowest BCUT2D eigenvalue weighted by molar-refractivity contribution is -0.116. The Morgan fingerprint density at radius 2 is 1.79 bits per heavy atom. The van der Waals surface area contributed by atoms with Crippen molar-refractivity contribution in [1.82, 2.24) is 4.31 Å². The van der Waals surface area contributed by atoms with Gasteiger partial charge in [-0.3, -0.25) is 4.79 Å². The number of amides is 1. The Hall–Kier alpha value is -2.18. The van der Waals surface area contributed by atoms with Crippen LogP contribution in [0.5, 0.6) is 0 Å². The average molecular weight is 346 g/mol. The quantitative estimate of drug-likeness (QED) is 0.875. The molecule has 5 nitrogen and oxygen atoms in total. The predicted molar refractivity (Wildman–Crippen MR) is 95.4 cm³/mol. The van der Waals surface area contributed by atoms with Crippen molar-refractivity contribution in [2.24, 2.45) is 0 Å². The largest absolute Gasteiger partial charge is 0.325 e. The summed E-state index contributed by atoms with van der Waals surface area (Å²) in [6.07, 6.45) is 0.866. The zero-order valence-corrected chi connectivity index (χ0v) is 14.9. The van der Waals surface area contributed by atoms with E-state index in [2.05, 4.69) is 5.32 Å². The van der Waals surface area contributed by atoms with Crippen molar-refractivity contribution in [3.8, 4) is 0 Å². The molecule has 0 bridgehead atoms. The number of carbonyl (C=O) groups is 1. The van der Waals surface area contributed by atoms with E-state index in [4.69, 9.17) is 0 Å². The van der Waals surface area contributed by atoms with Crippen LogP contribution < -0.4 is 5.32 Å². The summed E-state index contributed by atoms with van der Waals surface area (Å²) in [7, 11) is -2.28. The molecule has 0 saturated carbocycles. The molecule has 0 radical (unpaired) electrons. The van der Waals surface area contributed by atoms with E-state index in [1.54, 1.807) is 30.3 Å². The molecule has 0 unspecified atom stereocenters. The van der Waals surface area contributed by atoms with Gasteiger partial charge in [0.1, 0.15) is 0 Å². The highest BCUT2D eigenvalue weighted by Crippen LogP contribution is 2.15. The fourth-order valence-electron chi connectivity index (χ4n) is 2.25. The van der Waals surface area contributed by atoms with Gasteiger partial charge in [0.05, 0.1) is 11.4 Å². The number of sulfonamides is 1. The van der Waals surface area contributed by atoms with Crippen LogP contribution >= 0.6 is 0 Å². The third-order valence-corrected chi connectivity index (χ3v) is 5.53. The second-order valence-corrected chi connectivity index (χ2v) is 7.72. The first kappa shape index (κ1) is 18.2. The van der Waals surface area contributed by atoms with Crippen molar-refractivity contribution < 1.29 is 13.2 Å². The van der Waals surface area contributed by atoms with Crippen LogP contribution in [0.2, 0.25) is 0 Å². The van der Waals surface area contributed by atoms with E-state index in [1.165, 1.54) is 7.05 Å². The summed E-state index contributed by atoms with van der Waals surface area (Å²) in [6.45, 7) is 3.67. The molecule has 0 aliphatic heterocycles.